The van der Waals surface area contributed by atoms with Gasteiger partial charge in [0, 0.05) is 17.1 Å². The number of amides is 1. The molecule has 2 rings (SSSR count). The van der Waals surface area contributed by atoms with Gasteiger partial charge in [0.05, 0.1) is 30.8 Å². The lowest BCUT2D eigenvalue weighted by molar-refractivity contribution is -0.115. The summed E-state index contributed by atoms with van der Waals surface area (Å²) in [4.78, 5) is 12.0. The second-order valence-electron chi connectivity index (χ2n) is 5.33. The quantitative estimate of drug-likeness (QED) is 0.841. The van der Waals surface area contributed by atoms with E-state index in [1.807, 2.05) is 6.92 Å². The molecule has 1 aromatic carbocycles. The third-order valence-corrected chi connectivity index (χ3v) is 5.71. The molecule has 1 aliphatic rings. The first-order valence-corrected chi connectivity index (χ1v) is 9.08. The van der Waals surface area contributed by atoms with E-state index in [-0.39, 0.29) is 30.0 Å². The van der Waals surface area contributed by atoms with Crippen molar-refractivity contribution in [3.63, 3.8) is 0 Å². The summed E-state index contributed by atoms with van der Waals surface area (Å²) in [6.45, 7) is 1.88. The summed E-state index contributed by atoms with van der Waals surface area (Å²) in [5, 5.41) is 6.26. The van der Waals surface area contributed by atoms with Gasteiger partial charge in [0.25, 0.3) is 0 Å². The van der Waals surface area contributed by atoms with Gasteiger partial charge in [-0.1, -0.05) is 11.6 Å². The van der Waals surface area contributed by atoms with Crippen LogP contribution in [0.15, 0.2) is 12.1 Å². The fourth-order valence-corrected chi connectivity index (χ4v) is 4.18. The summed E-state index contributed by atoms with van der Waals surface area (Å²) in [5.41, 5.74) is 1.36. The first-order chi connectivity index (χ1) is 10.3. The number of rotatable bonds is 5. The number of methoxy groups -OCH3 is 1. The molecule has 2 N–H and O–H groups in total. The average Bonchev–Trinajstić information content (AvgIpc) is 2.80. The van der Waals surface area contributed by atoms with Gasteiger partial charge in [-0.05, 0) is 25.0 Å². The molecule has 1 aromatic rings. The van der Waals surface area contributed by atoms with Gasteiger partial charge in [0.1, 0.15) is 5.75 Å². The molecule has 0 radical (unpaired) electrons. The molecule has 8 heteroatoms. The summed E-state index contributed by atoms with van der Waals surface area (Å²) in [6, 6.07) is 3.22. The van der Waals surface area contributed by atoms with E-state index in [9.17, 15) is 13.2 Å². The van der Waals surface area contributed by atoms with E-state index >= 15 is 0 Å². The highest BCUT2D eigenvalue weighted by Crippen LogP contribution is 2.30. The van der Waals surface area contributed by atoms with Crippen LogP contribution < -0.4 is 15.4 Å². The number of carbonyl (C=O) groups excluding carboxylic acids is 1. The summed E-state index contributed by atoms with van der Waals surface area (Å²) in [6.07, 6.45) is 0.541. The van der Waals surface area contributed by atoms with Crippen molar-refractivity contribution in [3.05, 3.63) is 22.7 Å². The smallest absolute Gasteiger partial charge is 0.238 e. The fraction of sp³-hybridized carbons (Fsp3) is 0.500. The highest BCUT2D eigenvalue weighted by atomic mass is 35.5. The first-order valence-electron chi connectivity index (χ1n) is 6.88. The average molecular weight is 347 g/mol. The third kappa shape index (κ3) is 4.34. The zero-order chi connectivity index (χ0) is 16.3. The number of aryl methyl sites for hydroxylation is 1. The van der Waals surface area contributed by atoms with Crippen molar-refractivity contribution in [2.45, 2.75) is 19.4 Å². The van der Waals surface area contributed by atoms with E-state index in [2.05, 4.69) is 10.6 Å². The minimum atomic E-state index is -2.95. The normalized spacial score (nSPS) is 19.9. The molecule has 0 spiro atoms. The van der Waals surface area contributed by atoms with Crippen LogP contribution in [0.5, 0.6) is 5.75 Å². The molecule has 0 aromatic heterocycles. The lowest BCUT2D eigenvalue weighted by Crippen LogP contribution is -2.36. The number of sulfone groups is 1. The zero-order valence-electron chi connectivity index (χ0n) is 12.5. The van der Waals surface area contributed by atoms with Crippen LogP contribution in [0.1, 0.15) is 12.0 Å². The molecule has 122 valence electrons. The van der Waals surface area contributed by atoms with Crippen LogP contribution >= 0.6 is 11.6 Å². The summed E-state index contributed by atoms with van der Waals surface area (Å²) in [5.74, 6) is 0.483. The minimum Gasteiger partial charge on any atom is -0.495 e. The SMILES string of the molecule is COc1cc(Cl)c(C)cc1NC(=O)CNC1CCS(=O)(=O)C1. The Labute approximate surface area is 135 Å². The van der Waals surface area contributed by atoms with E-state index in [4.69, 9.17) is 16.3 Å². The van der Waals surface area contributed by atoms with Gasteiger partial charge < -0.3 is 15.4 Å². The number of halogens is 1. The van der Waals surface area contributed by atoms with Crippen LogP contribution in [0.25, 0.3) is 0 Å². The second kappa shape index (κ2) is 6.85. The van der Waals surface area contributed by atoms with Gasteiger partial charge in [0.15, 0.2) is 9.84 Å². The number of hydrogen-bond donors (Lipinski definition) is 2. The van der Waals surface area contributed by atoms with E-state index in [1.54, 1.807) is 12.1 Å². The molecule has 1 fully saturated rings. The van der Waals surface area contributed by atoms with Crippen molar-refractivity contribution in [1.29, 1.82) is 0 Å². The maximum absolute atomic E-state index is 12.0. The zero-order valence-corrected chi connectivity index (χ0v) is 14.1. The minimum absolute atomic E-state index is 0.0466. The van der Waals surface area contributed by atoms with Crippen molar-refractivity contribution in [2.75, 3.05) is 30.5 Å². The fourth-order valence-electron chi connectivity index (χ4n) is 2.32. The molecular weight excluding hydrogens is 328 g/mol. The highest BCUT2D eigenvalue weighted by Gasteiger charge is 2.27. The highest BCUT2D eigenvalue weighted by molar-refractivity contribution is 7.91. The van der Waals surface area contributed by atoms with Crippen LogP contribution in [0.3, 0.4) is 0 Å². The molecule has 1 heterocycles. The van der Waals surface area contributed by atoms with Gasteiger partial charge in [-0.2, -0.15) is 0 Å². The molecule has 0 bridgehead atoms. The Morgan fingerprint density at radius 2 is 2.18 bits per heavy atom. The third-order valence-electron chi connectivity index (χ3n) is 3.54. The molecule has 6 nitrogen and oxygen atoms in total. The van der Waals surface area contributed by atoms with Crippen molar-refractivity contribution >= 4 is 33.0 Å². The number of carbonyl (C=O) groups is 1. The van der Waals surface area contributed by atoms with Crippen LogP contribution in [0, 0.1) is 6.92 Å². The Bertz CT molecular complexity index is 676. The number of ether oxygens (including phenoxy) is 1. The van der Waals surface area contributed by atoms with Gasteiger partial charge in [-0.25, -0.2) is 8.42 Å². The summed E-state index contributed by atoms with van der Waals surface area (Å²) >= 11 is 6.01. The molecule has 1 atom stereocenters. The Morgan fingerprint density at radius 3 is 2.77 bits per heavy atom. The van der Waals surface area contributed by atoms with Gasteiger partial charge in [-0.15, -0.1) is 0 Å². The summed E-state index contributed by atoms with van der Waals surface area (Å²) < 4.78 is 27.9. The predicted molar refractivity (Wildman–Crippen MR) is 86.4 cm³/mol. The van der Waals surface area contributed by atoms with E-state index in [0.717, 1.165) is 5.56 Å². The van der Waals surface area contributed by atoms with Crippen molar-refractivity contribution in [2.24, 2.45) is 0 Å². The van der Waals surface area contributed by atoms with Crippen LogP contribution in [0.2, 0.25) is 5.02 Å². The lowest BCUT2D eigenvalue weighted by Gasteiger charge is -2.14. The van der Waals surface area contributed by atoms with Gasteiger partial charge in [-0.3, -0.25) is 4.79 Å². The predicted octanol–water partition coefficient (Wildman–Crippen LogP) is 1.37. The molecule has 22 heavy (non-hydrogen) atoms. The Balaban J connectivity index is 1.94. The van der Waals surface area contributed by atoms with Crippen molar-refractivity contribution in [3.8, 4) is 5.75 Å². The van der Waals surface area contributed by atoms with Gasteiger partial charge in [0.2, 0.25) is 5.91 Å². The standard InChI is InChI=1S/C14H19ClN2O4S/c1-9-5-12(13(21-2)6-11(9)15)17-14(18)7-16-10-3-4-22(19,20)8-10/h5-6,10,16H,3-4,7-8H2,1-2H3,(H,17,18). The summed E-state index contributed by atoms with van der Waals surface area (Å²) in [7, 11) is -1.45. The largest absolute Gasteiger partial charge is 0.495 e. The molecule has 1 amide bonds. The van der Waals surface area contributed by atoms with Crippen LogP contribution in [0.4, 0.5) is 5.69 Å². The Kier molecular flexibility index (Phi) is 5.31. The van der Waals surface area contributed by atoms with Crippen LogP contribution in [-0.2, 0) is 14.6 Å². The van der Waals surface area contributed by atoms with Crippen molar-refractivity contribution < 1.29 is 17.9 Å². The molecule has 1 unspecified atom stereocenters. The first kappa shape index (κ1) is 17.1. The molecule has 0 saturated carbocycles. The maximum atomic E-state index is 12.0. The monoisotopic (exact) mass is 346 g/mol. The van der Waals surface area contributed by atoms with Gasteiger partial charge >= 0.3 is 0 Å². The molecule has 1 saturated heterocycles. The maximum Gasteiger partial charge on any atom is 0.238 e. The van der Waals surface area contributed by atoms with E-state index in [1.165, 1.54) is 7.11 Å². The van der Waals surface area contributed by atoms with Crippen molar-refractivity contribution in [1.82, 2.24) is 5.32 Å². The van der Waals surface area contributed by atoms with E-state index in [0.29, 0.717) is 22.9 Å². The molecule has 1 aliphatic heterocycles. The van der Waals surface area contributed by atoms with E-state index < -0.39 is 9.84 Å². The number of benzene rings is 1. The number of hydrogen-bond acceptors (Lipinski definition) is 5. The van der Waals surface area contributed by atoms with Crippen LogP contribution in [-0.4, -0.2) is 45.5 Å². The Morgan fingerprint density at radius 1 is 1.45 bits per heavy atom. The molecule has 0 aliphatic carbocycles. The Hall–Kier alpha value is -1.31. The topological polar surface area (TPSA) is 84.5 Å². The molecular formula is C14H19ClN2O4S. The lowest BCUT2D eigenvalue weighted by atomic mass is 10.2. The number of nitrogens with one attached hydrogen (secondary N) is 2. The second-order valence-corrected chi connectivity index (χ2v) is 7.97. The number of anilines is 1.